The summed E-state index contributed by atoms with van der Waals surface area (Å²) in [7, 11) is 0. The molecule has 5 N–H and O–H groups in total. The first-order chi connectivity index (χ1) is 4.54. The Labute approximate surface area is 59.1 Å². The van der Waals surface area contributed by atoms with Crippen LogP contribution in [0, 0.1) is 0 Å². The second-order valence-electron chi connectivity index (χ2n) is 1.63. The molecule has 0 aliphatic carbocycles. The molecule has 1 unspecified atom stereocenters. The summed E-state index contributed by atoms with van der Waals surface area (Å²) in [6, 6.07) is -0.00926. The van der Waals surface area contributed by atoms with Crippen molar-refractivity contribution in [1.29, 1.82) is 0 Å². The molecule has 0 saturated carbocycles. The Morgan fingerprint density at radius 3 is 1.90 bits per heavy atom. The summed E-state index contributed by atoms with van der Waals surface area (Å²) in [5, 5.41) is 22.2. The van der Waals surface area contributed by atoms with Crippen LogP contribution in [0.25, 0.3) is 0 Å². The minimum Gasteiger partial charge on any atom is -0.450 e. The molecule has 5 nitrogen and oxygen atoms in total. The smallest absolute Gasteiger partial charge is 0.450 e. The van der Waals surface area contributed by atoms with Gasteiger partial charge in [0.25, 0.3) is 0 Å². The molecular formula is C5H13NO4. The van der Waals surface area contributed by atoms with Crippen LogP contribution in [0.2, 0.25) is 0 Å². The molecule has 0 aromatic rings. The van der Waals surface area contributed by atoms with Gasteiger partial charge in [0.05, 0.1) is 6.61 Å². The predicted molar refractivity (Wildman–Crippen MR) is 36.0 cm³/mol. The molecule has 1 atom stereocenters. The molecule has 62 valence electrons. The summed E-state index contributed by atoms with van der Waals surface area (Å²) < 4.78 is 0. The monoisotopic (exact) mass is 151 g/mol. The lowest BCUT2D eigenvalue weighted by Gasteiger charge is -1.98. The Kier molecular flexibility index (Phi) is 9.77. The Morgan fingerprint density at radius 1 is 1.60 bits per heavy atom. The van der Waals surface area contributed by atoms with Crippen LogP contribution in [-0.2, 0) is 0 Å². The van der Waals surface area contributed by atoms with Gasteiger partial charge in [0.2, 0.25) is 0 Å². The van der Waals surface area contributed by atoms with E-state index in [0.717, 1.165) is 6.42 Å². The maximum atomic E-state index is 8.56. The highest BCUT2D eigenvalue weighted by molar-refractivity contribution is 5.53. The molecule has 0 saturated heterocycles. The topological polar surface area (TPSA) is 104 Å². The lowest BCUT2D eigenvalue weighted by atomic mass is 10.3. The van der Waals surface area contributed by atoms with Crippen molar-refractivity contribution in [1.82, 2.24) is 0 Å². The Bertz CT molecular complexity index is 77.7. The number of aliphatic hydroxyl groups is 1. The zero-order valence-corrected chi connectivity index (χ0v) is 5.82. The summed E-state index contributed by atoms with van der Waals surface area (Å²) in [4.78, 5) is 8.56. The van der Waals surface area contributed by atoms with E-state index in [-0.39, 0.29) is 12.6 Å². The van der Waals surface area contributed by atoms with Crippen LogP contribution in [0.5, 0.6) is 0 Å². The zero-order valence-electron chi connectivity index (χ0n) is 5.82. The summed E-state index contributed by atoms with van der Waals surface area (Å²) in [5.41, 5.74) is 5.22. The van der Waals surface area contributed by atoms with E-state index in [1.807, 2.05) is 6.92 Å². The lowest BCUT2D eigenvalue weighted by molar-refractivity contribution is 0.137. The van der Waals surface area contributed by atoms with E-state index in [2.05, 4.69) is 0 Å². The van der Waals surface area contributed by atoms with Gasteiger partial charge in [0.1, 0.15) is 0 Å². The first kappa shape index (κ1) is 11.9. The molecule has 0 aliphatic rings. The summed E-state index contributed by atoms with van der Waals surface area (Å²) in [5.74, 6) is 0. The highest BCUT2D eigenvalue weighted by Crippen LogP contribution is 1.79. The molecule has 0 aromatic heterocycles. The lowest BCUT2D eigenvalue weighted by Crippen LogP contribution is -2.22. The number of rotatable bonds is 2. The second kappa shape index (κ2) is 8.19. The van der Waals surface area contributed by atoms with Gasteiger partial charge < -0.3 is 21.1 Å². The van der Waals surface area contributed by atoms with E-state index < -0.39 is 6.16 Å². The molecule has 0 radical (unpaired) electrons. The van der Waals surface area contributed by atoms with Gasteiger partial charge in [-0.2, -0.15) is 0 Å². The van der Waals surface area contributed by atoms with Gasteiger partial charge in [-0.15, -0.1) is 0 Å². The van der Waals surface area contributed by atoms with Crippen LogP contribution < -0.4 is 5.73 Å². The van der Waals surface area contributed by atoms with Gasteiger partial charge in [-0.1, -0.05) is 6.92 Å². The third-order valence-corrected chi connectivity index (χ3v) is 0.759. The molecule has 0 heterocycles. The average molecular weight is 151 g/mol. The fourth-order valence-corrected chi connectivity index (χ4v) is 0.129. The second-order valence-corrected chi connectivity index (χ2v) is 1.63. The normalized spacial score (nSPS) is 11.1. The van der Waals surface area contributed by atoms with Crippen LogP contribution in [-0.4, -0.2) is 34.1 Å². The van der Waals surface area contributed by atoms with Gasteiger partial charge >= 0.3 is 6.16 Å². The third kappa shape index (κ3) is 27.1. The van der Waals surface area contributed by atoms with Crippen molar-refractivity contribution in [2.45, 2.75) is 19.4 Å². The first-order valence-electron chi connectivity index (χ1n) is 2.82. The average Bonchev–Trinajstić information content (AvgIpc) is 1.85. The summed E-state index contributed by atoms with van der Waals surface area (Å²) in [6.07, 6.45) is -0.976. The van der Waals surface area contributed by atoms with Gasteiger partial charge in [0, 0.05) is 6.04 Å². The van der Waals surface area contributed by atoms with Crippen molar-refractivity contribution in [2.75, 3.05) is 6.61 Å². The van der Waals surface area contributed by atoms with Crippen molar-refractivity contribution < 1.29 is 20.1 Å². The molecule has 0 bridgehead atoms. The van der Waals surface area contributed by atoms with Crippen molar-refractivity contribution in [3.8, 4) is 0 Å². The van der Waals surface area contributed by atoms with Crippen LogP contribution in [0.4, 0.5) is 4.79 Å². The van der Waals surface area contributed by atoms with Crippen molar-refractivity contribution >= 4 is 6.16 Å². The predicted octanol–water partition coefficient (Wildman–Crippen LogP) is -0.0616. The Balaban J connectivity index is 0. The van der Waals surface area contributed by atoms with Crippen LogP contribution in [0.1, 0.15) is 13.3 Å². The number of nitrogens with two attached hydrogens (primary N) is 1. The number of hydrogen-bond acceptors (Lipinski definition) is 3. The Morgan fingerprint density at radius 2 is 1.90 bits per heavy atom. The number of carboxylic acid groups (broad SMARTS) is 2. The minimum absolute atomic E-state index is 0.00926. The molecule has 0 aromatic carbocycles. The number of hydrogen-bond donors (Lipinski definition) is 4. The number of carbonyl (C=O) groups is 1. The standard InChI is InChI=1S/C4H11NO.CH2O3/c1-2-4(5)3-6;2-1(3)4/h4,6H,2-3,5H2,1H3;(H2,2,3,4). The molecule has 0 fully saturated rings. The van der Waals surface area contributed by atoms with Crippen LogP contribution in [0.3, 0.4) is 0 Å². The van der Waals surface area contributed by atoms with Crippen molar-refractivity contribution in [3.63, 3.8) is 0 Å². The maximum Gasteiger partial charge on any atom is 0.503 e. The summed E-state index contributed by atoms with van der Waals surface area (Å²) in [6.45, 7) is 2.05. The highest BCUT2D eigenvalue weighted by Gasteiger charge is 1.90. The number of aliphatic hydroxyl groups excluding tert-OH is 1. The third-order valence-electron chi connectivity index (χ3n) is 0.759. The zero-order chi connectivity index (χ0) is 8.57. The fraction of sp³-hybridized carbons (Fsp3) is 0.800. The van der Waals surface area contributed by atoms with Crippen LogP contribution in [0.15, 0.2) is 0 Å². The fourth-order valence-electron chi connectivity index (χ4n) is 0.129. The molecule has 0 spiro atoms. The van der Waals surface area contributed by atoms with E-state index in [1.165, 1.54) is 0 Å². The molecule has 0 rings (SSSR count). The van der Waals surface area contributed by atoms with E-state index in [0.29, 0.717) is 0 Å². The van der Waals surface area contributed by atoms with E-state index >= 15 is 0 Å². The van der Waals surface area contributed by atoms with Crippen molar-refractivity contribution in [2.24, 2.45) is 5.73 Å². The molecule has 10 heavy (non-hydrogen) atoms. The minimum atomic E-state index is -1.83. The quantitative estimate of drug-likeness (QED) is 0.442. The SMILES string of the molecule is CCC(N)CO.O=C(O)O. The molecular weight excluding hydrogens is 138 g/mol. The van der Waals surface area contributed by atoms with Gasteiger partial charge in [-0.25, -0.2) is 4.79 Å². The van der Waals surface area contributed by atoms with E-state index in [1.54, 1.807) is 0 Å². The Hall–Kier alpha value is -0.810. The van der Waals surface area contributed by atoms with Gasteiger partial charge in [-0.3, -0.25) is 0 Å². The summed E-state index contributed by atoms with van der Waals surface area (Å²) >= 11 is 0. The first-order valence-corrected chi connectivity index (χ1v) is 2.82. The van der Waals surface area contributed by atoms with Crippen LogP contribution >= 0.6 is 0 Å². The van der Waals surface area contributed by atoms with Gasteiger partial charge in [0.15, 0.2) is 0 Å². The highest BCUT2D eigenvalue weighted by atomic mass is 16.6. The molecule has 0 aliphatic heterocycles. The molecule has 0 amide bonds. The van der Waals surface area contributed by atoms with E-state index in [9.17, 15) is 0 Å². The van der Waals surface area contributed by atoms with Crippen molar-refractivity contribution in [3.05, 3.63) is 0 Å². The molecule has 5 heteroatoms. The van der Waals surface area contributed by atoms with E-state index in [4.69, 9.17) is 25.8 Å². The van der Waals surface area contributed by atoms with Gasteiger partial charge in [-0.05, 0) is 6.42 Å². The maximum absolute atomic E-state index is 8.56. The largest absolute Gasteiger partial charge is 0.503 e.